The van der Waals surface area contributed by atoms with Gasteiger partial charge in [0.1, 0.15) is 6.26 Å². The first-order valence-electron chi connectivity index (χ1n) is 5.69. The summed E-state index contributed by atoms with van der Waals surface area (Å²) in [5, 5.41) is 2.56. The van der Waals surface area contributed by atoms with Crippen molar-refractivity contribution < 1.29 is 18.7 Å². The van der Waals surface area contributed by atoms with Crippen LogP contribution < -0.4 is 10.9 Å². The van der Waals surface area contributed by atoms with Crippen LogP contribution in [0.2, 0.25) is 0 Å². The average molecular weight is 273 g/mol. The van der Waals surface area contributed by atoms with Crippen LogP contribution in [0.5, 0.6) is 0 Å². The quantitative estimate of drug-likeness (QED) is 0.860. The van der Waals surface area contributed by atoms with E-state index in [2.05, 4.69) is 14.5 Å². The van der Waals surface area contributed by atoms with E-state index in [1.165, 1.54) is 19.2 Å². The van der Waals surface area contributed by atoms with Crippen LogP contribution in [-0.2, 0) is 4.74 Å². The maximum absolute atomic E-state index is 12.0. The third-order valence-electron chi connectivity index (χ3n) is 2.54. The van der Waals surface area contributed by atoms with E-state index in [-0.39, 0.29) is 11.1 Å². The fourth-order valence-electron chi connectivity index (χ4n) is 1.56. The van der Waals surface area contributed by atoms with E-state index in [1.807, 2.05) is 0 Å². The summed E-state index contributed by atoms with van der Waals surface area (Å²) in [6.07, 6.45) is 1.05. The number of para-hydroxylation sites is 1. The molecule has 1 aromatic heterocycles. The third kappa shape index (κ3) is 2.92. The topological polar surface area (TPSA) is 85.6 Å². The number of benzene rings is 1. The minimum Gasteiger partial charge on any atom is -0.465 e. The summed E-state index contributed by atoms with van der Waals surface area (Å²) < 4.78 is 9.24. The van der Waals surface area contributed by atoms with Crippen LogP contribution in [0.3, 0.4) is 0 Å². The Morgan fingerprint density at radius 3 is 2.55 bits per heavy atom. The third-order valence-corrected chi connectivity index (χ3v) is 2.54. The summed E-state index contributed by atoms with van der Waals surface area (Å²) in [5.41, 5.74) is 0.178. The Labute approximate surface area is 114 Å². The van der Waals surface area contributed by atoms with E-state index in [0.717, 1.165) is 12.3 Å². The zero-order chi connectivity index (χ0) is 14.5. The lowest BCUT2D eigenvalue weighted by Crippen LogP contribution is -2.16. The fraction of sp³-hybridized carbons (Fsp3) is 0.0714. The second-order valence-corrected chi connectivity index (χ2v) is 3.83. The van der Waals surface area contributed by atoms with E-state index in [1.54, 1.807) is 18.2 Å². The Balaban J connectivity index is 2.26. The molecule has 0 saturated heterocycles. The van der Waals surface area contributed by atoms with Crippen molar-refractivity contribution in [1.29, 1.82) is 0 Å². The highest BCUT2D eigenvalue weighted by atomic mass is 16.5. The zero-order valence-electron chi connectivity index (χ0n) is 10.6. The van der Waals surface area contributed by atoms with Crippen molar-refractivity contribution >= 4 is 17.6 Å². The van der Waals surface area contributed by atoms with Crippen LogP contribution in [-0.4, -0.2) is 19.0 Å². The summed E-state index contributed by atoms with van der Waals surface area (Å²) in [6.45, 7) is 0. The lowest BCUT2D eigenvalue weighted by atomic mass is 10.1. The van der Waals surface area contributed by atoms with Gasteiger partial charge in [-0.05, 0) is 18.2 Å². The van der Waals surface area contributed by atoms with E-state index in [4.69, 9.17) is 0 Å². The molecule has 6 heteroatoms. The number of hydrogen-bond acceptors (Lipinski definition) is 5. The first kappa shape index (κ1) is 13.5. The van der Waals surface area contributed by atoms with Gasteiger partial charge in [0, 0.05) is 6.07 Å². The summed E-state index contributed by atoms with van der Waals surface area (Å²) in [5.74, 6) is -1.05. The van der Waals surface area contributed by atoms with Gasteiger partial charge < -0.3 is 14.5 Å². The SMILES string of the molecule is COC(=O)c1ccccc1NC(=O)c1ccc(=O)oc1. The predicted octanol–water partition coefficient (Wildman–Crippen LogP) is 1.68. The second kappa shape index (κ2) is 5.83. The number of anilines is 1. The van der Waals surface area contributed by atoms with E-state index in [9.17, 15) is 14.4 Å². The van der Waals surface area contributed by atoms with Crippen molar-refractivity contribution in [3.05, 3.63) is 64.2 Å². The number of esters is 1. The number of nitrogens with one attached hydrogen (secondary N) is 1. The molecule has 1 N–H and O–H groups in total. The van der Waals surface area contributed by atoms with Gasteiger partial charge in [-0.25, -0.2) is 9.59 Å². The number of methoxy groups -OCH3 is 1. The molecule has 20 heavy (non-hydrogen) atoms. The molecule has 1 heterocycles. The van der Waals surface area contributed by atoms with Gasteiger partial charge in [-0.15, -0.1) is 0 Å². The van der Waals surface area contributed by atoms with Crippen LogP contribution in [0.1, 0.15) is 20.7 Å². The highest BCUT2D eigenvalue weighted by molar-refractivity contribution is 6.07. The number of carbonyl (C=O) groups is 2. The van der Waals surface area contributed by atoms with E-state index in [0.29, 0.717) is 5.69 Å². The molecule has 0 bridgehead atoms. The van der Waals surface area contributed by atoms with Crippen molar-refractivity contribution in [2.45, 2.75) is 0 Å². The van der Waals surface area contributed by atoms with Crippen LogP contribution in [0.25, 0.3) is 0 Å². The first-order chi connectivity index (χ1) is 9.61. The van der Waals surface area contributed by atoms with Crippen molar-refractivity contribution in [1.82, 2.24) is 0 Å². The normalized spacial score (nSPS) is 9.85. The molecule has 1 aromatic carbocycles. The Hall–Kier alpha value is -2.89. The van der Waals surface area contributed by atoms with Gasteiger partial charge in [-0.1, -0.05) is 12.1 Å². The summed E-state index contributed by atoms with van der Waals surface area (Å²) in [6, 6.07) is 8.91. The Morgan fingerprint density at radius 1 is 1.15 bits per heavy atom. The van der Waals surface area contributed by atoms with Gasteiger partial charge in [-0.3, -0.25) is 4.79 Å². The molecule has 6 nitrogen and oxygen atoms in total. The van der Waals surface area contributed by atoms with Gasteiger partial charge in [0.2, 0.25) is 0 Å². The standard InChI is InChI=1S/C14H11NO5/c1-19-14(18)10-4-2-3-5-11(10)15-13(17)9-6-7-12(16)20-8-9/h2-8H,1H3,(H,15,17). The molecule has 0 aliphatic heterocycles. The molecule has 0 spiro atoms. The minimum atomic E-state index is -0.555. The van der Waals surface area contributed by atoms with Gasteiger partial charge in [0.25, 0.3) is 5.91 Å². The van der Waals surface area contributed by atoms with Crippen LogP contribution in [0.15, 0.2) is 51.9 Å². The summed E-state index contributed by atoms with van der Waals surface area (Å²) in [7, 11) is 1.26. The highest BCUT2D eigenvalue weighted by Gasteiger charge is 2.14. The molecule has 0 fully saturated rings. The number of ether oxygens (including phenoxy) is 1. The smallest absolute Gasteiger partial charge is 0.339 e. The second-order valence-electron chi connectivity index (χ2n) is 3.83. The molecule has 2 rings (SSSR count). The molecule has 0 unspecified atom stereocenters. The van der Waals surface area contributed by atoms with Crippen molar-refractivity contribution in [2.75, 3.05) is 12.4 Å². The molecule has 102 valence electrons. The molecule has 1 amide bonds. The van der Waals surface area contributed by atoms with Gasteiger partial charge in [0.05, 0.1) is 23.9 Å². The summed E-state index contributed by atoms with van der Waals surface area (Å²) in [4.78, 5) is 34.4. The minimum absolute atomic E-state index is 0.171. The maximum Gasteiger partial charge on any atom is 0.339 e. The van der Waals surface area contributed by atoms with Crippen molar-refractivity contribution in [3.63, 3.8) is 0 Å². The van der Waals surface area contributed by atoms with Crippen molar-refractivity contribution in [3.8, 4) is 0 Å². The monoisotopic (exact) mass is 273 g/mol. The number of rotatable bonds is 3. The maximum atomic E-state index is 12.0. The first-order valence-corrected chi connectivity index (χ1v) is 5.69. The molecule has 2 aromatic rings. The van der Waals surface area contributed by atoms with Crippen LogP contribution in [0, 0.1) is 0 Å². The van der Waals surface area contributed by atoms with Crippen LogP contribution in [0.4, 0.5) is 5.69 Å². The Kier molecular flexibility index (Phi) is 3.95. The van der Waals surface area contributed by atoms with Gasteiger partial charge in [0.15, 0.2) is 0 Å². The molecular formula is C14H11NO5. The predicted molar refractivity (Wildman–Crippen MR) is 70.7 cm³/mol. The lowest BCUT2D eigenvalue weighted by molar-refractivity contribution is 0.0602. The number of amides is 1. The largest absolute Gasteiger partial charge is 0.465 e. The number of hydrogen-bond donors (Lipinski definition) is 1. The summed E-state index contributed by atoms with van der Waals surface area (Å²) >= 11 is 0. The average Bonchev–Trinajstić information content (AvgIpc) is 2.47. The van der Waals surface area contributed by atoms with Gasteiger partial charge in [-0.2, -0.15) is 0 Å². The molecule has 0 radical (unpaired) electrons. The van der Waals surface area contributed by atoms with Crippen LogP contribution >= 0.6 is 0 Å². The highest BCUT2D eigenvalue weighted by Crippen LogP contribution is 2.16. The van der Waals surface area contributed by atoms with Gasteiger partial charge >= 0.3 is 11.6 Å². The number of carbonyl (C=O) groups excluding carboxylic acids is 2. The molecule has 0 aliphatic rings. The zero-order valence-corrected chi connectivity index (χ0v) is 10.6. The Bertz CT molecular complexity index is 684. The Morgan fingerprint density at radius 2 is 1.90 bits per heavy atom. The molecule has 0 saturated carbocycles. The molecule has 0 aliphatic carbocycles. The van der Waals surface area contributed by atoms with E-state index >= 15 is 0 Å². The molecule has 0 atom stereocenters. The lowest BCUT2D eigenvalue weighted by Gasteiger charge is -2.09. The van der Waals surface area contributed by atoms with Crippen molar-refractivity contribution in [2.24, 2.45) is 0 Å². The van der Waals surface area contributed by atoms with E-state index < -0.39 is 17.5 Å². The molecular weight excluding hydrogens is 262 g/mol. The fourth-order valence-corrected chi connectivity index (χ4v) is 1.56.